The first kappa shape index (κ1) is 23.3. The average molecular weight is 481 g/mol. The van der Waals surface area contributed by atoms with Crippen LogP contribution in [0.15, 0.2) is 24.3 Å². The maximum Gasteiger partial charge on any atom is 0.407 e. The number of nitrogen functional groups attached to an aromatic ring is 1. The third-order valence-corrected chi connectivity index (χ3v) is 7.17. The van der Waals surface area contributed by atoms with E-state index in [0.29, 0.717) is 35.6 Å². The number of aromatic nitrogens is 4. The quantitative estimate of drug-likeness (QED) is 0.520. The summed E-state index contributed by atoms with van der Waals surface area (Å²) in [6.45, 7) is 6.52. The minimum absolute atomic E-state index is 0.00325. The van der Waals surface area contributed by atoms with E-state index in [2.05, 4.69) is 42.1 Å². The standard InChI is InChI=1S/C25H32N6O4/c1-25(2,3)18-7-5-6-17(22(18)35-13-34-4)19-12-20-21(28-27-19)23(26)29-31(20)16-10-14-8-9-15(11-16)30(14)24(32)33/h5-7,12,14-16H,8-11,13H2,1-4H3,(H2,26,29)(H,32,33). The maximum absolute atomic E-state index is 11.7. The van der Waals surface area contributed by atoms with E-state index in [9.17, 15) is 9.90 Å². The number of nitrogens with zero attached hydrogens (tertiary/aromatic N) is 5. The number of piperidine rings is 1. The first-order valence-electron chi connectivity index (χ1n) is 12.0. The maximum atomic E-state index is 11.7. The third kappa shape index (κ3) is 4.05. The van der Waals surface area contributed by atoms with Gasteiger partial charge in [-0.05, 0) is 43.2 Å². The molecule has 10 heteroatoms. The summed E-state index contributed by atoms with van der Waals surface area (Å²) in [5.41, 5.74) is 9.93. The second-order valence-corrected chi connectivity index (χ2v) is 10.5. The Balaban J connectivity index is 1.58. The summed E-state index contributed by atoms with van der Waals surface area (Å²) >= 11 is 0. The van der Waals surface area contributed by atoms with E-state index in [4.69, 9.17) is 15.2 Å². The molecule has 2 aromatic heterocycles. The van der Waals surface area contributed by atoms with E-state index in [-0.39, 0.29) is 30.3 Å². The summed E-state index contributed by atoms with van der Waals surface area (Å²) in [5, 5.41) is 23.2. The minimum Gasteiger partial charge on any atom is -0.467 e. The number of carboxylic acid groups (broad SMARTS) is 1. The number of hydrogen-bond donors (Lipinski definition) is 2. The van der Waals surface area contributed by atoms with Crippen molar-refractivity contribution in [2.24, 2.45) is 0 Å². The Kier molecular flexibility index (Phi) is 5.79. The Labute approximate surface area is 204 Å². The minimum atomic E-state index is -0.837. The van der Waals surface area contributed by atoms with Gasteiger partial charge in [-0.15, -0.1) is 10.2 Å². The molecule has 3 N–H and O–H groups in total. The van der Waals surface area contributed by atoms with Crippen molar-refractivity contribution in [2.45, 2.75) is 70.0 Å². The molecule has 4 heterocycles. The van der Waals surface area contributed by atoms with Crippen LogP contribution in [0.2, 0.25) is 0 Å². The van der Waals surface area contributed by atoms with Crippen LogP contribution in [0.1, 0.15) is 58.1 Å². The van der Waals surface area contributed by atoms with Crippen molar-refractivity contribution in [1.82, 2.24) is 24.9 Å². The molecule has 2 fully saturated rings. The van der Waals surface area contributed by atoms with Gasteiger partial charge in [-0.2, -0.15) is 5.10 Å². The number of methoxy groups -OCH3 is 1. The highest BCUT2D eigenvalue weighted by atomic mass is 16.7. The zero-order valence-corrected chi connectivity index (χ0v) is 20.6. The van der Waals surface area contributed by atoms with Gasteiger partial charge in [-0.1, -0.05) is 32.9 Å². The van der Waals surface area contributed by atoms with Crippen LogP contribution in [0, 0.1) is 0 Å². The first-order chi connectivity index (χ1) is 16.7. The number of anilines is 1. The van der Waals surface area contributed by atoms with E-state index >= 15 is 0 Å². The lowest BCUT2D eigenvalue weighted by molar-refractivity contribution is 0.0502. The molecular formula is C25H32N6O4. The zero-order valence-electron chi connectivity index (χ0n) is 20.6. The van der Waals surface area contributed by atoms with Crippen LogP contribution in [0.4, 0.5) is 10.6 Å². The molecule has 2 aliphatic rings. The fraction of sp³-hybridized carbons (Fsp3) is 0.520. The molecule has 2 aliphatic heterocycles. The van der Waals surface area contributed by atoms with E-state index in [1.807, 2.05) is 22.9 Å². The number of nitrogens with two attached hydrogens (primary N) is 1. The smallest absolute Gasteiger partial charge is 0.407 e. The zero-order chi connectivity index (χ0) is 24.9. The van der Waals surface area contributed by atoms with Crippen molar-refractivity contribution in [3.8, 4) is 17.0 Å². The fourth-order valence-electron chi connectivity index (χ4n) is 5.63. The predicted molar refractivity (Wildman–Crippen MR) is 131 cm³/mol. The highest BCUT2D eigenvalue weighted by molar-refractivity contribution is 5.88. The van der Waals surface area contributed by atoms with Gasteiger partial charge in [0.15, 0.2) is 18.1 Å². The predicted octanol–water partition coefficient (Wildman–Crippen LogP) is 4.20. The molecule has 2 saturated heterocycles. The molecule has 0 aliphatic carbocycles. The number of para-hydroxylation sites is 1. The largest absolute Gasteiger partial charge is 0.467 e. The number of hydrogen-bond acceptors (Lipinski definition) is 7. The lowest BCUT2D eigenvalue weighted by Crippen LogP contribution is -2.46. The Bertz CT molecular complexity index is 1250. The topological polar surface area (TPSA) is 129 Å². The molecule has 1 aromatic carbocycles. The van der Waals surface area contributed by atoms with Crippen molar-refractivity contribution < 1.29 is 19.4 Å². The normalized spacial score (nSPS) is 22.1. The van der Waals surface area contributed by atoms with Gasteiger partial charge < -0.3 is 25.2 Å². The molecule has 2 bridgehead atoms. The van der Waals surface area contributed by atoms with Crippen LogP contribution in [0.25, 0.3) is 22.3 Å². The van der Waals surface area contributed by atoms with Gasteiger partial charge in [0.25, 0.3) is 0 Å². The van der Waals surface area contributed by atoms with E-state index < -0.39 is 6.09 Å². The number of benzene rings is 1. The summed E-state index contributed by atoms with van der Waals surface area (Å²) in [7, 11) is 1.59. The summed E-state index contributed by atoms with van der Waals surface area (Å²) in [6, 6.07) is 8.02. The van der Waals surface area contributed by atoms with Gasteiger partial charge in [0.1, 0.15) is 5.75 Å². The molecule has 5 rings (SSSR count). The Morgan fingerprint density at radius 2 is 1.89 bits per heavy atom. The molecule has 186 valence electrons. The Morgan fingerprint density at radius 3 is 2.51 bits per heavy atom. The summed E-state index contributed by atoms with van der Waals surface area (Å²) in [5.74, 6) is 1.04. The molecule has 2 atom stereocenters. The van der Waals surface area contributed by atoms with Gasteiger partial charge in [0.2, 0.25) is 0 Å². The van der Waals surface area contributed by atoms with Crippen LogP contribution in [-0.4, -0.2) is 62.1 Å². The molecule has 10 nitrogen and oxygen atoms in total. The first-order valence-corrected chi connectivity index (χ1v) is 12.0. The van der Waals surface area contributed by atoms with Gasteiger partial charge in [-0.3, -0.25) is 4.68 Å². The summed E-state index contributed by atoms with van der Waals surface area (Å²) in [6.07, 6.45) is 2.34. The SMILES string of the molecule is COCOc1c(-c2cc3c(nn2)c(N)nn3C2CC3CCC(C2)N3C(=O)O)cccc1C(C)(C)C. The third-order valence-electron chi connectivity index (χ3n) is 7.17. The fourth-order valence-corrected chi connectivity index (χ4v) is 5.63. The van der Waals surface area contributed by atoms with Crippen molar-refractivity contribution >= 4 is 22.9 Å². The molecule has 3 aromatic rings. The molecule has 0 saturated carbocycles. The molecule has 2 unspecified atom stereocenters. The summed E-state index contributed by atoms with van der Waals surface area (Å²) in [4.78, 5) is 13.3. The van der Waals surface area contributed by atoms with Crippen molar-refractivity contribution in [1.29, 1.82) is 0 Å². The second kappa shape index (κ2) is 8.67. The van der Waals surface area contributed by atoms with Crippen molar-refractivity contribution in [2.75, 3.05) is 19.6 Å². The highest BCUT2D eigenvalue weighted by Gasteiger charge is 2.44. The van der Waals surface area contributed by atoms with Gasteiger partial charge in [0, 0.05) is 30.3 Å². The second-order valence-electron chi connectivity index (χ2n) is 10.5. The molecule has 0 radical (unpaired) electrons. The van der Waals surface area contributed by atoms with Crippen LogP contribution in [-0.2, 0) is 10.2 Å². The molecule has 0 spiro atoms. The Morgan fingerprint density at radius 1 is 1.17 bits per heavy atom. The average Bonchev–Trinajstić information content (AvgIpc) is 3.29. The van der Waals surface area contributed by atoms with Crippen LogP contribution in [0.3, 0.4) is 0 Å². The van der Waals surface area contributed by atoms with E-state index in [0.717, 1.165) is 29.5 Å². The van der Waals surface area contributed by atoms with Crippen molar-refractivity contribution in [3.05, 3.63) is 29.8 Å². The van der Waals surface area contributed by atoms with Crippen LogP contribution >= 0.6 is 0 Å². The Hall–Kier alpha value is -3.40. The number of carbonyl (C=O) groups is 1. The van der Waals surface area contributed by atoms with Crippen LogP contribution in [0.5, 0.6) is 5.75 Å². The van der Waals surface area contributed by atoms with Gasteiger partial charge >= 0.3 is 6.09 Å². The number of rotatable bonds is 5. The number of fused-ring (bicyclic) bond motifs is 3. The van der Waals surface area contributed by atoms with Gasteiger partial charge in [-0.25, -0.2) is 4.79 Å². The van der Waals surface area contributed by atoms with E-state index in [1.165, 1.54) is 0 Å². The lowest BCUT2D eigenvalue weighted by Gasteiger charge is -2.37. The lowest BCUT2D eigenvalue weighted by atomic mass is 9.85. The summed E-state index contributed by atoms with van der Waals surface area (Å²) < 4.78 is 13.2. The molecule has 1 amide bonds. The number of ether oxygens (including phenoxy) is 2. The molecule has 35 heavy (non-hydrogen) atoms. The van der Waals surface area contributed by atoms with Crippen LogP contribution < -0.4 is 10.5 Å². The van der Waals surface area contributed by atoms with E-state index in [1.54, 1.807) is 12.0 Å². The molecular weight excluding hydrogens is 448 g/mol. The number of amides is 1. The van der Waals surface area contributed by atoms with Crippen molar-refractivity contribution in [3.63, 3.8) is 0 Å². The highest BCUT2D eigenvalue weighted by Crippen LogP contribution is 2.43. The van der Waals surface area contributed by atoms with Gasteiger partial charge in [0.05, 0.1) is 17.3 Å². The monoisotopic (exact) mass is 480 g/mol.